The van der Waals surface area contributed by atoms with Crippen LogP contribution >= 0.6 is 0 Å². The van der Waals surface area contributed by atoms with Crippen LogP contribution in [0.5, 0.6) is 0 Å². The summed E-state index contributed by atoms with van der Waals surface area (Å²) in [5.74, 6) is 0. The van der Waals surface area contributed by atoms with Crippen LogP contribution in [-0.2, 0) is 0 Å². The minimum Gasteiger partial charge on any atom is -0.0616 e. The highest BCUT2D eigenvalue weighted by Crippen LogP contribution is 2.47. The summed E-state index contributed by atoms with van der Waals surface area (Å²) in [7, 11) is 0. The van der Waals surface area contributed by atoms with Gasteiger partial charge in [0.15, 0.2) is 0 Å². The van der Waals surface area contributed by atoms with Crippen molar-refractivity contribution in [3.05, 3.63) is 291 Å². The second-order valence-electron chi connectivity index (χ2n) is 20.4. The van der Waals surface area contributed by atoms with Crippen molar-refractivity contribution < 1.29 is 11.0 Å². The summed E-state index contributed by atoms with van der Waals surface area (Å²) in [5, 5.41) is 20.3. The molecule has 0 bridgehead atoms. The van der Waals surface area contributed by atoms with Gasteiger partial charge in [0.2, 0.25) is 0 Å². The van der Waals surface area contributed by atoms with Gasteiger partial charge < -0.3 is 0 Å². The summed E-state index contributed by atoms with van der Waals surface area (Å²) in [6.07, 6.45) is 0. The molecule has 0 unspecified atom stereocenters. The molecule has 0 aliphatic rings. The average Bonchev–Trinajstić information content (AvgIpc) is 0.738. The first-order chi connectivity index (χ1) is 42.0. The van der Waals surface area contributed by atoms with E-state index in [0.29, 0.717) is 22.3 Å². The summed E-state index contributed by atoms with van der Waals surface area (Å²) in [6.45, 7) is 0. The Kier molecular flexibility index (Phi) is 8.36. The lowest BCUT2D eigenvalue weighted by Gasteiger charge is -2.19. The highest BCUT2D eigenvalue weighted by atomic mass is 14.2. The smallest absolute Gasteiger partial charge is 0.0616 e. The molecule has 0 saturated heterocycles. The molecule has 17 rings (SSSR count). The molecule has 0 heterocycles. The van der Waals surface area contributed by atoms with Gasteiger partial charge in [-0.3, -0.25) is 0 Å². The second kappa shape index (κ2) is 17.7. The molecule has 0 spiro atoms. The topological polar surface area (TPSA) is 0 Å². The van der Waals surface area contributed by atoms with E-state index in [1.165, 1.54) is 98.0 Å². The zero-order chi connectivity index (χ0) is 58.2. The highest BCUT2D eigenvalue weighted by Gasteiger charge is 2.19. The van der Waals surface area contributed by atoms with E-state index >= 15 is 0 Å². The molecule has 0 aliphatic carbocycles. The minimum atomic E-state index is -0.404. The molecule has 0 amide bonds. The predicted octanol–water partition coefficient (Wildman–Crippen LogP) is 22.1. The zero-order valence-corrected chi connectivity index (χ0v) is 42.1. The van der Waals surface area contributed by atoms with Crippen LogP contribution in [0.4, 0.5) is 0 Å². The Labute approximate surface area is 463 Å². The second-order valence-corrected chi connectivity index (χ2v) is 20.4. The molecule has 0 atom stereocenters. The maximum Gasteiger partial charge on any atom is 0.0629 e. The van der Waals surface area contributed by atoms with Crippen LogP contribution in [0.2, 0.25) is 0 Å². The van der Waals surface area contributed by atoms with Gasteiger partial charge in [0.05, 0.1) is 11.0 Å². The molecule has 360 valence electrons. The molecule has 0 radical (unpaired) electrons. The standard InChI is InChI=1S/C44H26.C34H22/c1-5-27-13-15-31-17-21-37(39-23-19-29(7-1)41(27)43(31)39)35-11-3-9-33(25-35)34-10-4-12-36(26-34)38-22-18-32-16-14-28-6-2-8-30-20-24-40(38)44(32)42(28)30;1-2-12-25-22-26(21-20-23(25)10-1)33-29-15-5-7-17-31(29)34(32-18-8-6-16-30(32)33)28-19-9-13-24-11-3-4-14-27(24)28/h1-26H;1-22H/i;5D,6D,7D,8D,15D,16D,17D,18D. The van der Waals surface area contributed by atoms with Gasteiger partial charge in [0, 0.05) is 0 Å². The van der Waals surface area contributed by atoms with E-state index in [1.807, 2.05) is 84.9 Å². The van der Waals surface area contributed by atoms with Crippen molar-refractivity contribution in [3.63, 3.8) is 0 Å². The number of hydrogen-bond acceptors (Lipinski definition) is 0. The molecular weight excluding hydrogens is 937 g/mol. The molecular formula is C78H48. The minimum absolute atomic E-state index is 0.219. The van der Waals surface area contributed by atoms with Gasteiger partial charge in [0.1, 0.15) is 0 Å². The Morgan fingerprint density at radius 1 is 0.192 bits per heavy atom. The summed E-state index contributed by atoms with van der Waals surface area (Å²) in [5.41, 5.74) is 9.45. The van der Waals surface area contributed by atoms with Gasteiger partial charge in [-0.05, 0) is 182 Å². The van der Waals surface area contributed by atoms with E-state index in [2.05, 4.69) is 158 Å². The third-order valence-electron chi connectivity index (χ3n) is 16.2. The lowest BCUT2D eigenvalue weighted by atomic mass is 9.84. The third kappa shape index (κ3) is 7.01. The monoisotopic (exact) mass is 992 g/mol. The molecule has 0 N–H and O–H groups in total. The fourth-order valence-corrected chi connectivity index (χ4v) is 12.7. The van der Waals surface area contributed by atoms with Crippen molar-refractivity contribution in [2.75, 3.05) is 0 Å². The lowest BCUT2D eigenvalue weighted by Crippen LogP contribution is -1.91. The van der Waals surface area contributed by atoms with Gasteiger partial charge in [-0.15, -0.1) is 0 Å². The van der Waals surface area contributed by atoms with Gasteiger partial charge in [-0.25, -0.2) is 0 Å². The summed E-state index contributed by atoms with van der Waals surface area (Å²) < 4.78 is 70.9. The van der Waals surface area contributed by atoms with Crippen molar-refractivity contribution in [1.29, 1.82) is 0 Å². The average molecular weight is 993 g/mol. The zero-order valence-electron chi connectivity index (χ0n) is 50.1. The van der Waals surface area contributed by atoms with Crippen molar-refractivity contribution in [3.8, 4) is 55.6 Å². The van der Waals surface area contributed by atoms with Crippen LogP contribution < -0.4 is 0 Å². The van der Waals surface area contributed by atoms with E-state index in [1.54, 1.807) is 0 Å². The van der Waals surface area contributed by atoms with E-state index in [-0.39, 0.29) is 45.7 Å². The van der Waals surface area contributed by atoms with Crippen LogP contribution in [0, 0.1) is 0 Å². The Morgan fingerprint density at radius 2 is 0.577 bits per heavy atom. The summed E-state index contributed by atoms with van der Waals surface area (Å²) >= 11 is 0. The largest absolute Gasteiger partial charge is 0.0629 e. The van der Waals surface area contributed by atoms with Crippen LogP contribution in [0.1, 0.15) is 11.0 Å². The Morgan fingerprint density at radius 3 is 1.13 bits per heavy atom. The fourth-order valence-electron chi connectivity index (χ4n) is 12.7. The number of rotatable bonds is 5. The number of hydrogen-bond donors (Lipinski definition) is 0. The first-order valence-corrected chi connectivity index (χ1v) is 26.5. The molecule has 0 aliphatic heterocycles. The van der Waals surface area contributed by atoms with Crippen molar-refractivity contribution >= 4 is 108 Å². The number of benzene rings is 17. The van der Waals surface area contributed by atoms with Crippen LogP contribution in [0.3, 0.4) is 0 Å². The normalized spacial score (nSPS) is 13.3. The number of fused-ring (bicyclic) bond motifs is 4. The highest BCUT2D eigenvalue weighted by molar-refractivity contribution is 6.28. The van der Waals surface area contributed by atoms with E-state index in [0.717, 1.165) is 21.5 Å². The fraction of sp³-hybridized carbons (Fsp3) is 0. The van der Waals surface area contributed by atoms with Gasteiger partial charge in [-0.2, -0.15) is 0 Å². The van der Waals surface area contributed by atoms with Gasteiger partial charge in [0.25, 0.3) is 0 Å². The van der Waals surface area contributed by atoms with E-state index < -0.39 is 24.2 Å². The molecule has 78 heavy (non-hydrogen) atoms. The van der Waals surface area contributed by atoms with E-state index in [9.17, 15) is 0 Å². The van der Waals surface area contributed by atoms with Gasteiger partial charge >= 0.3 is 0 Å². The lowest BCUT2D eigenvalue weighted by molar-refractivity contribution is 1.60. The third-order valence-corrected chi connectivity index (χ3v) is 16.2. The van der Waals surface area contributed by atoms with Crippen molar-refractivity contribution in [2.45, 2.75) is 0 Å². The van der Waals surface area contributed by atoms with Crippen LogP contribution in [-0.4, -0.2) is 0 Å². The SMILES string of the molecule is [2H]c1c([2H])c([2H])c2c(-c3cccc4ccccc34)c3c([2H])c([2H])c([2H])c([2H])c3c(-c3ccc4ccccc4c3)c2c1[2H].c1cc(-c2cccc(-c3ccc4ccc5cccc6ccc3c4c56)c2)cc(-c2ccc3ccc4cccc5ccc2c3c45)c1. The molecule has 0 aromatic heterocycles. The quantitative estimate of drug-likeness (QED) is 0.119. The molecule has 17 aromatic carbocycles. The predicted molar refractivity (Wildman–Crippen MR) is 337 cm³/mol. The molecule has 17 aromatic rings. The van der Waals surface area contributed by atoms with Crippen LogP contribution in [0.15, 0.2) is 291 Å². The maximum absolute atomic E-state index is 9.13. The molecule has 0 heteroatoms. The van der Waals surface area contributed by atoms with Crippen LogP contribution in [0.25, 0.3) is 163 Å². The molecule has 0 nitrogen and oxygen atoms in total. The van der Waals surface area contributed by atoms with Crippen molar-refractivity contribution in [1.82, 2.24) is 0 Å². The molecule has 0 saturated carbocycles. The van der Waals surface area contributed by atoms with Crippen molar-refractivity contribution in [2.24, 2.45) is 0 Å². The first-order valence-electron chi connectivity index (χ1n) is 30.5. The summed E-state index contributed by atoms with van der Waals surface area (Å²) in [6, 6.07) is 82.7. The summed E-state index contributed by atoms with van der Waals surface area (Å²) in [4.78, 5) is 0. The maximum atomic E-state index is 9.13. The van der Waals surface area contributed by atoms with E-state index in [4.69, 9.17) is 11.0 Å². The van der Waals surface area contributed by atoms with Gasteiger partial charge in [-0.1, -0.05) is 273 Å². The molecule has 0 fully saturated rings. The Bertz CT molecular complexity index is 5400. The Balaban J connectivity index is 0.000000140. The Hall–Kier alpha value is -10.1. The first kappa shape index (κ1) is 36.7.